The highest BCUT2D eigenvalue weighted by Crippen LogP contribution is 2.41. The summed E-state index contributed by atoms with van der Waals surface area (Å²) < 4.78 is 5.56. The average Bonchev–Trinajstić information content (AvgIpc) is 3.30. The molecule has 1 unspecified atom stereocenters. The third-order valence-electron chi connectivity index (χ3n) is 5.64. The fourth-order valence-corrected chi connectivity index (χ4v) is 5.45. The molecular weight excluding hydrogens is 396 g/mol. The monoisotopic (exact) mass is 418 g/mol. The number of hydrogen-bond donors (Lipinski definition) is 2. The van der Waals surface area contributed by atoms with E-state index in [0.717, 1.165) is 47.4 Å². The molecule has 2 heterocycles. The van der Waals surface area contributed by atoms with Crippen LogP contribution in [0.3, 0.4) is 0 Å². The molecule has 1 aliphatic heterocycles. The van der Waals surface area contributed by atoms with Crippen molar-refractivity contribution in [3.8, 4) is 0 Å². The summed E-state index contributed by atoms with van der Waals surface area (Å²) in [5.41, 5.74) is 4.28. The maximum absolute atomic E-state index is 13.2. The number of ether oxygens (including phenoxy) is 1. The molecule has 1 atom stereocenters. The van der Waals surface area contributed by atoms with Crippen LogP contribution in [-0.4, -0.2) is 11.9 Å². The average molecular weight is 419 g/mol. The Kier molecular flexibility index (Phi) is 5.01. The quantitative estimate of drug-likeness (QED) is 0.582. The second kappa shape index (κ2) is 7.95. The normalized spacial score (nSPS) is 17.1. The largest absolute Gasteiger partial charge is 0.434 e. The number of amides is 1. The molecule has 2 aliphatic rings. The number of carbonyl (C=O) groups is 2. The Morgan fingerprint density at radius 1 is 1.03 bits per heavy atom. The van der Waals surface area contributed by atoms with Gasteiger partial charge in [0.15, 0.2) is 0 Å². The Balaban J connectivity index is 1.43. The van der Waals surface area contributed by atoms with E-state index in [4.69, 9.17) is 4.74 Å². The van der Waals surface area contributed by atoms with Crippen molar-refractivity contribution < 1.29 is 14.3 Å². The van der Waals surface area contributed by atoms with E-state index in [1.54, 1.807) is 17.4 Å². The lowest BCUT2D eigenvalue weighted by Gasteiger charge is -2.16. The first-order valence-corrected chi connectivity index (χ1v) is 11.1. The van der Waals surface area contributed by atoms with E-state index in [1.807, 2.05) is 48.5 Å². The minimum Gasteiger partial charge on any atom is -0.434 e. The van der Waals surface area contributed by atoms with Crippen LogP contribution < -0.4 is 10.6 Å². The Morgan fingerprint density at radius 2 is 1.80 bits per heavy atom. The van der Waals surface area contributed by atoms with Gasteiger partial charge in [0.25, 0.3) is 5.91 Å². The molecule has 1 amide bonds. The molecule has 0 spiro atoms. The maximum Gasteiger partial charge on any atom is 0.340 e. The van der Waals surface area contributed by atoms with Crippen molar-refractivity contribution in [1.29, 1.82) is 0 Å². The van der Waals surface area contributed by atoms with Crippen molar-refractivity contribution in [1.82, 2.24) is 5.32 Å². The zero-order chi connectivity index (χ0) is 20.5. The minimum absolute atomic E-state index is 0.0849. The molecule has 2 N–H and O–H groups in total. The minimum atomic E-state index is -0.575. The van der Waals surface area contributed by atoms with Crippen molar-refractivity contribution in [3.05, 3.63) is 87.3 Å². The van der Waals surface area contributed by atoms with Crippen molar-refractivity contribution in [3.63, 3.8) is 0 Å². The number of rotatable bonds is 5. The molecule has 5 rings (SSSR count). The summed E-state index contributed by atoms with van der Waals surface area (Å²) in [4.78, 5) is 26.7. The molecule has 3 aromatic rings. The molecule has 0 saturated heterocycles. The summed E-state index contributed by atoms with van der Waals surface area (Å²) in [6.45, 7) is 0.477. The van der Waals surface area contributed by atoms with E-state index >= 15 is 0 Å². The summed E-state index contributed by atoms with van der Waals surface area (Å²) in [5, 5.41) is 7.19. The topological polar surface area (TPSA) is 67.4 Å². The number of cyclic esters (lactones) is 1. The molecule has 0 radical (unpaired) electrons. The van der Waals surface area contributed by atoms with Crippen LogP contribution in [0.2, 0.25) is 0 Å². The van der Waals surface area contributed by atoms with Gasteiger partial charge in [0, 0.05) is 17.0 Å². The summed E-state index contributed by atoms with van der Waals surface area (Å²) in [7, 11) is 0. The molecule has 5 nitrogen and oxygen atoms in total. The van der Waals surface area contributed by atoms with Gasteiger partial charge in [-0.25, -0.2) is 4.79 Å². The summed E-state index contributed by atoms with van der Waals surface area (Å²) in [6, 6.07) is 17.3. The Bertz CT molecular complexity index is 1110. The van der Waals surface area contributed by atoms with E-state index in [-0.39, 0.29) is 11.9 Å². The fourth-order valence-electron chi connectivity index (χ4n) is 4.15. The Morgan fingerprint density at radius 3 is 2.67 bits per heavy atom. The van der Waals surface area contributed by atoms with Gasteiger partial charge in [-0.3, -0.25) is 4.79 Å². The van der Waals surface area contributed by atoms with Gasteiger partial charge in [-0.1, -0.05) is 48.5 Å². The van der Waals surface area contributed by atoms with E-state index in [9.17, 15) is 9.59 Å². The van der Waals surface area contributed by atoms with E-state index in [1.165, 1.54) is 4.88 Å². The second-order valence-electron chi connectivity index (χ2n) is 7.60. The van der Waals surface area contributed by atoms with Crippen LogP contribution in [0.25, 0.3) is 0 Å². The lowest BCUT2D eigenvalue weighted by atomic mass is 9.95. The van der Waals surface area contributed by atoms with E-state index in [0.29, 0.717) is 17.7 Å². The first-order chi connectivity index (χ1) is 14.7. The molecule has 6 heteroatoms. The van der Waals surface area contributed by atoms with E-state index < -0.39 is 6.23 Å². The zero-order valence-corrected chi connectivity index (χ0v) is 17.3. The number of esters is 1. The van der Waals surface area contributed by atoms with Crippen molar-refractivity contribution in [2.24, 2.45) is 0 Å². The number of thiophene rings is 1. The van der Waals surface area contributed by atoms with Crippen molar-refractivity contribution >= 4 is 28.2 Å². The van der Waals surface area contributed by atoms with Crippen molar-refractivity contribution in [2.75, 3.05) is 5.32 Å². The number of hydrogen-bond acceptors (Lipinski definition) is 5. The Hall–Kier alpha value is -3.12. The van der Waals surface area contributed by atoms with Gasteiger partial charge >= 0.3 is 5.97 Å². The van der Waals surface area contributed by atoms with Gasteiger partial charge in [-0.2, -0.15) is 0 Å². The summed E-state index contributed by atoms with van der Waals surface area (Å²) in [5.74, 6) is -0.419. The van der Waals surface area contributed by atoms with Crippen LogP contribution in [0, 0.1) is 0 Å². The van der Waals surface area contributed by atoms with Crippen LogP contribution in [0.4, 0.5) is 5.00 Å². The van der Waals surface area contributed by atoms with E-state index in [2.05, 4.69) is 10.6 Å². The van der Waals surface area contributed by atoms with Gasteiger partial charge in [-0.05, 0) is 42.9 Å². The lowest BCUT2D eigenvalue weighted by molar-refractivity contribution is 0.0437. The van der Waals surface area contributed by atoms with Gasteiger partial charge in [0.1, 0.15) is 5.00 Å². The summed E-state index contributed by atoms with van der Waals surface area (Å²) in [6.07, 6.45) is 3.54. The smallest absolute Gasteiger partial charge is 0.340 e. The maximum atomic E-state index is 13.2. The Labute approximate surface area is 179 Å². The molecule has 152 valence electrons. The predicted molar refractivity (Wildman–Crippen MR) is 117 cm³/mol. The highest BCUT2D eigenvalue weighted by Gasteiger charge is 2.33. The highest BCUT2D eigenvalue weighted by molar-refractivity contribution is 7.16. The molecule has 2 aromatic carbocycles. The number of anilines is 1. The van der Waals surface area contributed by atoms with Gasteiger partial charge < -0.3 is 15.4 Å². The number of benzene rings is 2. The fraction of sp³-hybridized carbons (Fsp3) is 0.250. The second-order valence-corrected chi connectivity index (χ2v) is 8.71. The first kappa shape index (κ1) is 18.9. The van der Waals surface area contributed by atoms with Gasteiger partial charge in [-0.15, -0.1) is 11.3 Å². The molecule has 0 saturated carbocycles. The SMILES string of the molecule is O=C1OC(Nc2sc3c(c2C(=O)NCc2ccccc2)CCCC3)c2ccccc21. The van der Waals surface area contributed by atoms with Crippen LogP contribution >= 0.6 is 11.3 Å². The molecule has 0 fully saturated rings. The van der Waals surface area contributed by atoms with Crippen LogP contribution in [-0.2, 0) is 24.1 Å². The van der Waals surface area contributed by atoms with Gasteiger partial charge in [0.05, 0.1) is 11.1 Å². The number of carbonyl (C=O) groups excluding carboxylic acids is 2. The molecule has 1 aliphatic carbocycles. The van der Waals surface area contributed by atoms with Gasteiger partial charge in [0.2, 0.25) is 6.23 Å². The zero-order valence-electron chi connectivity index (χ0n) is 16.4. The molecule has 30 heavy (non-hydrogen) atoms. The molecular formula is C24H22N2O3S. The number of fused-ring (bicyclic) bond motifs is 2. The predicted octanol–water partition coefficient (Wildman–Crippen LogP) is 4.84. The first-order valence-electron chi connectivity index (χ1n) is 10.2. The molecule has 0 bridgehead atoms. The number of aryl methyl sites for hydroxylation is 1. The summed E-state index contributed by atoms with van der Waals surface area (Å²) >= 11 is 1.61. The highest BCUT2D eigenvalue weighted by atomic mass is 32.1. The molecule has 1 aromatic heterocycles. The van der Waals surface area contributed by atoms with Crippen LogP contribution in [0.15, 0.2) is 54.6 Å². The van der Waals surface area contributed by atoms with Crippen LogP contribution in [0.1, 0.15) is 61.4 Å². The lowest BCUT2D eigenvalue weighted by Crippen LogP contribution is -2.25. The number of nitrogens with one attached hydrogen (secondary N) is 2. The third kappa shape index (κ3) is 3.48. The standard InChI is InChI=1S/C24H22N2O3S/c27-21(25-14-15-8-2-1-3-9-15)20-18-12-6-7-13-19(18)30-23(20)26-22-16-10-4-5-11-17(16)24(28)29-22/h1-5,8-11,22,26H,6-7,12-14H2,(H,25,27). The van der Waals surface area contributed by atoms with Crippen LogP contribution in [0.5, 0.6) is 0 Å². The van der Waals surface area contributed by atoms with Crippen molar-refractivity contribution in [2.45, 2.75) is 38.5 Å². The third-order valence-corrected chi connectivity index (χ3v) is 6.87.